The van der Waals surface area contributed by atoms with Crippen LogP contribution in [0.15, 0.2) is 0 Å². The van der Waals surface area contributed by atoms with Gasteiger partial charge in [-0.1, -0.05) is 42.4 Å². The fourth-order valence-corrected chi connectivity index (χ4v) is 1.51. The van der Waals surface area contributed by atoms with E-state index in [1.807, 2.05) is 13.8 Å². The summed E-state index contributed by atoms with van der Waals surface area (Å²) < 4.78 is 0.143. The zero-order valence-electron chi connectivity index (χ0n) is 8.06. The lowest BCUT2D eigenvalue weighted by Gasteiger charge is -2.12. The second kappa shape index (κ2) is 6.69. The fraction of sp³-hybridized carbons (Fsp3) is 0.889. The largest absolute Gasteiger partial charge is 0.353 e. The van der Waals surface area contributed by atoms with Gasteiger partial charge in [0.05, 0.1) is 3.92 Å². The smallest absolute Gasteiger partial charge is 0.233 e. The first-order valence-corrected chi connectivity index (χ1v) is 5.77. The summed E-state index contributed by atoms with van der Waals surface area (Å²) >= 11 is 2.21. The Morgan fingerprint density at radius 2 is 2.08 bits per heavy atom. The van der Waals surface area contributed by atoms with Crippen molar-refractivity contribution in [3.8, 4) is 0 Å². The van der Waals surface area contributed by atoms with Crippen molar-refractivity contribution in [3.63, 3.8) is 0 Å². The first kappa shape index (κ1) is 12.2. The van der Waals surface area contributed by atoms with Crippen molar-refractivity contribution in [1.82, 2.24) is 5.32 Å². The molecule has 0 aromatic heterocycles. The SMILES string of the molecule is CCCCC(I)C(=O)NC(C)C. The molecule has 0 heterocycles. The molecule has 0 bridgehead atoms. The van der Waals surface area contributed by atoms with Crippen molar-refractivity contribution >= 4 is 28.5 Å². The molecule has 0 fully saturated rings. The molecule has 0 saturated heterocycles. The van der Waals surface area contributed by atoms with Crippen LogP contribution < -0.4 is 5.32 Å². The fourth-order valence-electron chi connectivity index (χ4n) is 0.889. The van der Waals surface area contributed by atoms with Gasteiger partial charge in [-0.3, -0.25) is 4.79 Å². The topological polar surface area (TPSA) is 29.1 Å². The van der Waals surface area contributed by atoms with E-state index in [2.05, 4.69) is 34.8 Å². The maximum atomic E-state index is 11.3. The van der Waals surface area contributed by atoms with Crippen molar-refractivity contribution in [1.29, 1.82) is 0 Å². The van der Waals surface area contributed by atoms with Crippen molar-refractivity contribution in [3.05, 3.63) is 0 Å². The lowest BCUT2D eigenvalue weighted by atomic mass is 10.2. The molecule has 0 aliphatic heterocycles. The van der Waals surface area contributed by atoms with Gasteiger partial charge in [0.15, 0.2) is 0 Å². The molecule has 1 atom stereocenters. The average Bonchev–Trinajstić information content (AvgIpc) is 1.98. The zero-order chi connectivity index (χ0) is 9.56. The zero-order valence-corrected chi connectivity index (χ0v) is 10.2. The normalized spacial score (nSPS) is 13.1. The number of amides is 1. The molecule has 1 N–H and O–H groups in total. The minimum Gasteiger partial charge on any atom is -0.353 e. The number of halogens is 1. The van der Waals surface area contributed by atoms with Crippen LogP contribution in [-0.2, 0) is 4.79 Å². The van der Waals surface area contributed by atoms with E-state index in [0.717, 1.165) is 19.3 Å². The lowest BCUT2D eigenvalue weighted by Crippen LogP contribution is -2.35. The van der Waals surface area contributed by atoms with E-state index in [1.165, 1.54) is 0 Å². The number of hydrogen-bond donors (Lipinski definition) is 1. The highest BCUT2D eigenvalue weighted by Gasteiger charge is 2.13. The number of rotatable bonds is 5. The molecule has 1 amide bonds. The van der Waals surface area contributed by atoms with Crippen LogP contribution >= 0.6 is 22.6 Å². The molecule has 0 radical (unpaired) electrons. The van der Waals surface area contributed by atoms with Gasteiger partial charge in [0, 0.05) is 6.04 Å². The molecule has 0 saturated carbocycles. The molecule has 0 aliphatic rings. The van der Waals surface area contributed by atoms with Gasteiger partial charge in [0.2, 0.25) is 5.91 Å². The maximum absolute atomic E-state index is 11.3. The molecular formula is C9H18INO. The third-order valence-electron chi connectivity index (χ3n) is 1.53. The maximum Gasteiger partial charge on any atom is 0.233 e. The number of unbranched alkanes of at least 4 members (excludes halogenated alkanes) is 1. The van der Waals surface area contributed by atoms with E-state index in [-0.39, 0.29) is 15.9 Å². The van der Waals surface area contributed by atoms with Gasteiger partial charge < -0.3 is 5.32 Å². The van der Waals surface area contributed by atoms with E-state index < -0.39 is 0 Å². The number of hydrogen-bond acceptors (Lipinski definition) is 1. The summed E-state index contributed by atoms with van der Waals surface area (Å²) in [6.07, 6.45) is 3.29. The molecule has 72 valence electrons. The molecule has 0 rings (SSSR count). The number of nitrogens with one attached hydrogen (secondary N) is 1. The van der Waals surface area contributed by atoms with Crippen LogP contribution in [0.4, 0.5) is 0 Å². The monoisotopic (exact) mass is 283 g/mol. The van der Waals surface area contributed by atoms with Gasteiger partial charge in [-0.15, -0.1) is 0 Å². The van der Waals surface area contributed by atoms with Crippen LogP contribution in [0.3, 0.4) is 0 Å². The lowest BCUT2D eigenvalue weighted by molar-refractivity contribution is -0.120. The number of carbonyl (C=O) groups is 1. The van der Waals surface area contributed by atoms with Gasteiger partial charge in [0.25, 0.3) is 0 Å². The van der Waals surface area contributed by atoms with Crippen molar-refractivity contribution in [2.45, 2.75) is 50.0 Å². The first-order valence-electron chi connectivity index (χ1n) is 4.52. The Kier molecular flexibility index (Phi) is 6.80. The molecule has 0 aromatic rings. The van der Waals surface area contributed by atoms with Crippen LogP contribution in [0.1, 0.15) is 40.0 Å². The molecule has 0 spiro atoms. The first-order chi connectivity index (χ1) is 5.57. The van der Waals surface area contributed by atoms with Crippen molar-refractivity contribution in [2.75, 3.05) is 0 Å². The standard InChI is InChI=1S/C9H18INO/c1-4-5-6-8(10)9(12)11-7(2)3/h7-8H,4-6H2,1-3H3,(H,11,12). The van der Waals surface area contributed by atoms with E-state index in [1.54, 1.807) is 0 Å². The van der Waals surface area contributed by atoms with Crippen LogP contribution in [0.2, 0.25) is 0 Å². The van der Waals surface area contributed by atoms with Crippen LogP contribution in [0.25, 0.3) is 0 Å². The third-order valence-corrected chi connectivity index (χ3v) is 2.72. The number of alkyl halides is 1. The predicted octanol–water partition coefficient (Wildman–Crippen LogP) is 2.50. The Morgan fingerprint density at radius 3 is 2.50 bits per heavy atom. The molecule has 12 heavy (non-hydrogen) atoms. The second-order valence-electron chi connectivity index (χ2n) is 3.27. The van der Waals surface area contributed by atoms with Crippen molar-refractivity contribution in [2.24, 2.45) is 0 Å². The quantitative estimate of drug-likeness (QED) is 0.609. The minimum absolute atomic E-state index is 0.143. The van der Waals surface area contributed by atoms with E-state index in [4.69, 9.17) is 0 Å². The second-order valence-corrected chi connectivity index (χ2v) is 4.78. The molecule has 1 unspecified atom stereocenters. The van der Waals surface area contributed by atoms with Crippen LogP contribution in [0, 0.1) is 0 Å². The average molecular weight is 283 g/mol. The van der Waals surface area contributed by atoms with E-state index >= 15 is 0 Å². The highest BCUT2D eigenvalue weighted by atomic mass is 127. The van der Waals surface area contributed by atoms with E-state index in [9.17, 15) is 4.79 Å². The predicted molar refractivity (Wildman–Crippen MR) is 60.6 cm³/mol. The Balaban J connectivity index is 3.61. The van der Waals surface area contributed by atoms with E-state index in [0.29, 0.717) is 0 Å². The van der Waals surface area contributed by atoms with Crippen LogP contribution in [-0.4, -0.2) is 15.9 Å². The van der Waals surface area contributed by atoms with Crippen molar-refractivity contribution < 1.29 is 4.79 Å². The molecule has 0 aliphatic carbocycles. The Morgan fingerprint density at radius 1 is 1.50 bits per heavy atom. The Labute approximate surface area is 88.6 Å². The Bertz CT molecular complexity index is 136. The summed E-state index contributed by atoms with van der Waals surface area (Å²) in [7, 11) is 0. The minimum atomic E-state index is 0.143. The van der Waals surface area contributed by atoms with Gasteiger partial charge in [-0.2, -0.15) is 0 Å². The highest BCUT2D eigenvalue weighted by Crippen LogP contribution is 2.10. The molecule has 0 aromatic carbocycles. The molecule has 2 nitrogen and oxygen atoms in total. The van der Waals surface area contributed by atoms with Crippen LogP contribution in [0.5, 0.6) is 0 Å². The highest BCUT2D eigenvalue weighted by molar-refractivity contribution is 14.1. The van der Waals surface area contributed by atoms with Gasteiger partial charge in [0.1, 0.15) is 0 Å². The molecule has 3 heteroatoms. The van der Waals surface area contributed by atoms with Gasteiger partial charge in [-0.25, -0.2) is 0 Å². The summed E-state index contributed by atoms with van der Waals surface area (Å²) in [6, 6.07) is 0.261. The summed E-state index contributed by atoms with van der Waals surface area (Å²) in [4.78, 5) is 11.3. The van der Waals surface area contributed by atoms with Gasteiger partial charge >= 0.3 is 0 Å². The Hall–Kier alpha value is 0.200. The summed E-state index contributed by atoms with van der Waals surface area (Å²) in [6.45, 7) is 6.12. The van der Waals surface area contributed by atoms with Gasteiger partial charge in [-0.05, 0) is 20.3 Å². The summed E-state index contributed by atoms with van der Waals surface area (Å²) in [5, 5.41) is 2.90. The summed E-state index contributed by atoms with van der Waals surface area (Å²) in [5.74, 6) is 0.180. The number of carbonyl (C=O) groups excluding carboxylic acids is 1. The summed E-state index contributed by atoms with van der Waals surface area (Å²) in [5.41, 5.74) is 0. The third kappa shape index (κ3) is 5.80. The molecular weight excluding hydrogens is 265 g/mol.